The van der Waals surface area contributed by atoms with E-state index in [1.807, 2.05) is 13.8 Å². The van der Waals surface area contributed by atoms with Crippen LogP contribution in [0.15, 0.2) is 0 Å². The Bertz CT molecular complexity index is 489. The number of carboxylic acid groups (broad SMARTS) is 1. The van der Waals surface area contributed by atoms with Crippen LogP contribution in [-0.4, -0.2) is 39.8 Å². The summed E-state index contributed by atoms with van der Waals surface area (Å²) in [7, 11) is 0. The molecule has 0 spiro atoms. The van der Waals surface area contributed by atoms with E-state index >= 15 is 0 Å². The Morgan fingerprint density at radius 3 is 2.45 bits per heavy atom. The second-order valence-corrected chi connectivity index (χ2v) is 5.66. The van der Waals surface area contributed by atoms with Crippen molar-refractivity contribution in [2.24, 2.45) is 0 Å². The van der Waals surface area contributed by atoms with Crippen LogP contribution in [0, 0.1) is 13.8 Å². The number of aryl methyl sites for hydroxylation is 2. The Balaban J connectivity index is 2.61. The molecule has 112 valence electrons. The molecule has 1 unspecified atom stereocenters. The highest BCUT2D eigenvalue weighted by atomic mass is 32.1. The number of thiazole rings is 1. The lowest BCUT2D eigenvalue weighted by molar-refractivity contribution is -0.139. The zero-order chi connectivity index (χ0) is 15.3. The molecule has 1 rings (SSSR count). The fraction of sp³-hybridized carbons (Fsp3) is 0.583. The molecule has 0 aliphatic heterocycles. The van der Waals surface area contributed by atoms with Crippen molar-refractivity contribution < 1.29 is 19.8 Å². The van der Waals surface area contributed by atoms with Crippen molar-refractivity contribution in [3.8, 4) is 0 Å². The number of nitrogens with one attached hydrogen (secondary N) is 2. The van der Waals surface area contributed by atoms with E-state index < -0.39 is 18.0 Å². The van der Waals surface area contributed by atoms with E-state index in [0.717, 1.165) is 15.6 Å². The summed E-state index contributed by atoms with van der Waals surface area (Å²) in [6, 6.07) is -1.94. The van der Waals surface area contributed by atoms with Gasteiger partial charge in [-0.1, -0.05) is 0 Å². The molecule has 0 bridgehead atoms. The number of carbonyl (C=O) groups is 2. The average Bonchev–Trinajstić information content (AvgIpc) is 2.67. The second kappa shape index (κ2) is 7.20. The summed E-state index contributed by atoms with van der Waals surface area (Å²) in [5.41, 5.74) is 0.852. The monoisotopic (exact) mass is 301 g/mol. The molecule has 2 amide bonds. The lowest BCUT2D eigenvalue weighted by Gasteiger charge is -2.17. The molecule has 4 N–H and O–H groups in total. The number of hydrogen-bond acceptors (Lipinski definition) is 5. The van der Waals surface area contributed by atoms with Crippen molar-refractivity contribution in [1.82, 2.24) is 15.6 Å². The SMILES string of the molecule is Cc1nc(C)c(C(C)NC(=O)N[C@H](CCO)C(=O)O)s1. The van der Waals surface area contributed by atoms with Gasteiger partial charge in [-0.3, -0.25) is 0 Å². The zero-order valence-electron chi connectivity index (χ0n) is 11.6. The van der Waals surface area contributed by atoms with Gasteiger partial charge in [0, 0.05) is 17.9 Å². The van der Waals surface area contributed by atoms with E-state index in [1.54, 1.807) is 6.92 Å². The van der Waals surface area contributed by atoms with Crippen molar-refractivity contribution in [2.45, 2.75) is 39.3 Å². The maximum Gasteiger partial charge on any atom is 0.326 e. The van der Waals surface area contributed by atoms with Gasteiger partial charge in [0.2, 0.25) is 0 Å². The largest absolute Gasteiger partial charge is 0.480 e. The summed E-state index contributed by atoms with van der Waals surface area (Å²) in [5, 5.41) is 23.5. The third-order valence-corrected chi connectivity index (χ3v) is 3.96. The topological polar surface area (TPSA) is 112 Å². The molecule has 1 aromatic heterocycles. The Kier molecular flexibility index (Phi) is 5.90. The van der Waals surface area contributed by atoms with E-state index in [2.05, 4.69) is 15.6 Å². The molecule has 1 aromatic rings. The van der Waals surface area contributed by atoms with E-state index in [4.69, 9.17) is 10.2 Å². The zero-order valence-corrected chi connectivity index (χ0v) is 12.5. The maximum atomic E-state index is 11.8. The molecule has 1 heterocycles. The number of hydrogen-bond donors (Lipinski definition) is 4. The number of nitrogens with zero attached hydrogens (tertiary/aromatic N) is 1. The summed E-state index contributed by atoms with van der Waals surface area (Å²) >= 11 is 1.49. The first kappa shape index (κ1) is 16.4. The second-order valence-electron chi connectivity index (χ2n) is 4.43. The molecule has 0 saturated carbocycles. The first-order valence-corrected chi connectivity index (χ1v) is 7.01. The summed E-state index contributed by atoms with van der Waals surface area (Å²) in [5.74, 6) is -1.17. The smallest absolute Gasteiger partial charge is 0.326 e. The minimum atomic E-state index is -1.17. The van der Waals surface area contributed by atoms with Gasteiger partial charge in [-0.15, -0.1) is 11.3 Å². The average molecular weight is 301 g/mol. The molecule has 0 radical (unpaired) electrons. The number of carboxylic acids is 1. The summed E-state index contributed by atoms with van der Waals surface area (Å²) in [6.07, 6.45) is -0.0319. The first-order valence-electron chi connectivity index (χ1n) is 6.19. The number of aliphatic hydroxyl groups is 1. The lowest BCUT2D eigenvalue weighted by Crippen LogP contribution is -2.46. The first-order chi connectivity index (χ1) is 9.35. The molecule has 8 heteroatoms. The minimum Gasteiger partial charge on any atom is -0.480 e. The van der Waals surface area contributed by atoms with Gasteiger partial charge < -0.3 is 20.8 Å². The maximum absolute atomic E-state index is 11.8. The van der Waals surface area contributed by atoms with Crippen LogP contribution in [0.5, 0.6) is 0 Å². The van der Waals surface area contributed by atoms with Crippen molar-refractivity contribution in [3.63, 3.8) is 0 Å². The van der Waals surface area contributed by atoms with Crippen LogP contribution in [0.2, 0.25) is 0 Å². The van der Waals surface area contributed by atoms with Crippen molar-refractivity contribution in [2.75, 3.05) is 6.61 Å². The molecule has 0 aliphatic rings. The van der Waals surface area contributed by atoms with Crippen LogP contribution in [0.3, 0.4) is 0 Å². The number of aliphatic hydroxyl groups excluding tert-OH is 1. The Hall–Kier alpha value is -1.67. The molecule has 0 saturated heterocycles. The number of rotatable bonds is 6. The fourth-order valence-electron chi connectivity index (χ4n) is 1.80. The highest BCUT2D eigenvalue weighted by molar-refractivity contribution is 7.11. The third-order valence-electron chi connectivity index (χ3n) is 2.70. The van der Waals surface area contributed by atoms with E-state index in [-0.39, 0.29) is 19.1 Å². The Labute approximate surface area is 121 Å². The number of urea groups is 1. The predicted octanol–water partition coefficient (Wildman–Crippen LogP) is 0.956. The van der Waals surface area contributed by atoms with Gasteiger partial charge in [-0.2, -0.15) is 0 Å². The number of aromatic nitrogens is 1. The molecule has 0 aromatic carbocycles. The predicted molar refractivity (Wildman–Crippen MR) is 74.8 cm³/mol. The molecule has 7 nitrogen and oxygen atoms in total. The Morgan fingerprint density at radius 1 is 1.35 bits per heavy atom. The quantitative estimate of drug-likeness (QED) is 0.625. The number of aliphatic carboxylic acids is 1. The fourth-order valence-corrected chi connectivity index (χ4v) is 2.73. The van der Waals surface area contributed by atoms with E-state index in [1.165, 1.54) is 11.3 Å². The van der Waals surface area contributed by atoms with Gasteiger partial charge in [0.25, 0.3) is 0 Å². The van der Waals surface area contributed by atoms with Gasteiger partial charge in [-0.05, 0) is 20.8 Å². The molecule has 0 fully saturated rings. The summed E-state index contributed by atoms with van der Waals surface area (Å²) in [4.78, 5) is 27.8. The molecular formula is C12H19N3O4S. The molecule has 0 aliphatic carbocycles. The van der Waals surface area contributed by atoms with Crippen LogP contribution >= 0.6 is 11.3 Å². The van der Waals surface area contributed by atoms with Gasteiger partial charge in [0.1, 0.15) is 6.04 Å². The van der Waals surface area contributed by atoms with Crippen molar-refractivity contribution >= 4 is 23.3 Å². The number of amides is 2. The van der Waals surface area contributed by atoms with Crippen LogP contribution < -0.4 is 10.6 Å². The molecule has 20 heavy (non-hydrogen) atoms. The van der Waals surface area contributed by atoms with Crippen LogP contribution in [-0.2, 0) is 4.79 Å². The highest BCUT2D eigenvalue weighted by Crippen LogP contribution is 2.24. The van der Waals surface area contributed by atoms with Gasteiger partial charge in [-0.25, -0.2) is 14.6 Å². The van der Waals surface area contributed by atoms with Gasteiger partial charge >= 0.3 is 12.0 Å². The standard InChI is InChI=1S/C12H19N3O4S/c1-6-10(20-8(3)13-6)7(2)14-12(19)15-9(4-5-16)11(17)18/h7,9,16H,4-5H2,1-3H3,(H,17,18)(H2,14,15,19)/t7?,9-/m1/s1. The van der Waals surface area contributed by atoms with Crippen molar-refractivity contribution in [3.05, 3.63) is 15.6 Å². The van der Waals surface area contributed by atoms with Crippen molar-refractivity contribution in [1.29, 1.82) is 0 Å². The summed E-state index contributed by atoms with van der Waals surface area (Å²) < 4.78 is 0. The van der Waals surface area contributed by atoms with Gasteiger partial charge in [0.05, 0.1) is 16.7 Å². The molecular weight excluding hydrogens is 282 g/mol. The van der Waals surface area contributed by atoms with E-state index in [9.17, 15) is 9.59 Å². The third kappa shape index (κ3) is 4.46. The number of carbonyl (C=O) groups excluding carboxylic acids is 1. The van der Waals surface area contributed by atoms with Gasteiger partial charge in [0.15, 0.2) is 0 Å². The molecule has 2 atom stereocenters. The van der Waals surface area contributed by atoms with Crippen LogP contribution in [0.1, 0.15) is 35.0 Å². The minimum absolute atomic E-state index is 0.0319. The van der Waals surface area contributed by atoms with E-state index in [0.29, 0.717) is 0 Å². The Morgan fingerprint density at radius 2 is 2.00 bits per heavy atom. The summed E-state index contributed by atoms with van der Waals surface area (Å²) in [6.45, 7) is 5.25. The van der Waals surface area contributed by atoms with Crippen LogP contribution in [0.4, 0.5) is 4.79 Å². The highest BCUT2D eigenvalue weighted by Gasteiger charge is 2.21. The van der Waals surface area contributed by atoms with Crippen LogP contribution in [0.25, 0.3) is 0 Å². The normalized spacial score (nSPS) is 13.6. The lowest BCUT2D eigenvalue weighted by atomic mass is 10.2.